The molecule has 2 aromatic rings. The molecule has 15 heavy (non-hydrogen) atoms. The molecule has 0 unspecified atom stereocenters. The summed E-state index contributed by atoms with van der Waals surface area (Å²) in [4.78, 5) is 7.78. The Hall–Kier alpha value is -2.41. The largest absolute Gasteiger partial charge is 0.438 e. The molecular weight excluding hydrogens is 190 g/mol. The Kier molecular flexibility index (Phi) is 2.56. The van der Waals surface area contributed by atoms with Crippen molar-refractivity contribution >= 4 is 0 Å². The van der Waals surface area contributed by atoms with Gasteiger partial charge in [0.15, 0.2) is 5.69 Å². The molecular formula is C11H7N3O. The molecule has 0 saturated heterocycles. The van der Waals surface area contributed by atoms with Crippen molar-refractivity contribution in [2.75, 3.05) is 0 Å². The first-order valence-electron chi connectivity index (χ1n) is 4.33. The normalized spacial score (nSPS) is 9.27. The van der Waals surface area contributed by atoms with Crippen molar-refractivity contribution in [3.63, 3.8) is 0 Å². The Morgan fingerprint density at radius 1 is 1.07 bits per heavy atom. The van der Waals surface area contributed by atoms with Gasteiger partial charge >= 0.3 is 0 Å². The lowest BCUT2D eigenvalue weighted by molar-refractivity contribution is 0.460. The number of nitrogens with zero attached hydrogens (tertiary/aromatic N) is 3. The Balaban J connectivity index is 2.16. The van der Waals surface area contributed by atoms with Gasteiger partial charge in [-0.25, -0.2) is 9.97 Å². The third kappa shape index (κ3) is 2.29. The van der Waals surface area contributed by atoms with Crippen LogP contribution >= 0.6 is 0 Å². The number of para-hydroxylation sites is 1. The summed E-state index contributed by atoms with van der Waals surface area (Å²) in [5, 5.41) is 8.52. The van der Waals surface area contributed by atoms with Gasteiger partial charge in [-0.05, 0) is 12.1 Å². The fourth-order valence-corrected chi connectivity index (χ4v) is 1.04. The van der Waals surface area contributed by atoms with Crippen molar-refractivity contribution in [2.45, 2.75) is 0 Å². The van der Waals surface area contributed by atoms with Gasteiger partial charge in [-0.15, -0.1) is 0 Å². The molecule has 4 nitrogen and oxygen atoms in total. The minimum atomic E-state index is 0.274. The summed E-state index contributed by atoms with van der Waals surface area (Å²) in [6.45, 7) is 0. The highest BCUT2D eigenvalue weighted by molar-refractivity contribution is 5.26. The van der Waals surface area contributed by atoms with Crippen LogP contribution < -0.4 is 4.74 Å². The summed E-state index contributed by atoms with van der Waals surface area (Å²) >= 11 is 0. The molecule has 4 heteroatoms. The second-order valence-corrected chi connectivity index (χ2v) is 2.77. The molecule has 0 aliphatic rings. The van der Waals surface area contributed by atoms with E-state index in [0.717, 1.165) is 0 Å². The van der Waals surface area contributed by atoms with Crippen molar-refractivity contribution in [1.29, 1.82) is 5.26 Å². The lowest BCUT2D eigenvalue weighted by atomic mass is 10.3. The third-order valence-corrected chi connectivity index (χ3v) is 1.71. The molecule has 0 N–H and O–H groups in total. The molecule has 1 aromatic heterocycles. The van der Waals surface area contributed by atoms with Crippen LogP contribution in [-0.4, -0.2) is 9.97 Å². The molecule has 72 valence electrons. The van der Waals surface area contributed by atoms with Gasteiger partial charge in [0.2, 0.25) is 5.88 Å². The summed E-state index contributed by atoms with van der Waals surface area (Å²) in [5.74, 6) is 1.07. The topological polar surface area (TPSA) is 58.8 Å². The van der Waals surface area contributed by atoms with Crippen molar-refractivity contribution in [3.05, 3.63) is 48.4 Å². The van der Waals surface area contributed by atoms with Crippen LogP contribution in [0, 0.1) is 11.3 Å². The molecule has 0 aliphatic heterocycles. The van der Waals surface area contributed by atoms with E-state index >= 15 is 0 Å². The van der Waals surface area contributed by atoms with E-state index in [1.807, 2.05) is 36.4 Å². The van der Waals surface area contributed by atoms with Crippen LogP contribution in [0.2, 0.25) is 0 Å². The zero-order valence-electron chi connectivity index (χ0n) is 7.79. The van der Waals surface area contributed by atoms with Gasteiger partial charge in [0, 0.05) is 0 Å². The molecule has 0 saturated carbocycles. The van der Waals surface area contributed by atoms with E-state index in [1.165, 1.54) is 12.4 Å². The number of ether oxygens (including phenoxy) is 1. The predicted molar refractivity (Wildman–Crippen MR) is 53.3 cm³/mol. The summed E-state index contributed by atoms with van der Waals surface area (Å²) in [6.07, 6.45) is 2.80. The first-order chi connectivity index (χ1) is 7.38. The monoisotopic (exact) mass is 197 g/mol. The average Bonchev–Trinajstić information content (AvgIpc) is 2.31. The minimum absolute atomic E-state index is 0.274. The lowest BCUT2D eigenvalue weighted by Gasteiger charge is -2.02. The zero-order valence-corrected chi connectivity index (χ0v) is 7.79. The van der Waals surface area contributed by atoms with Crippen LogP contribution in [0.5, 0.6) is 11.6 Å². The van der Waals surface area contributed by atoms with Crippen molar-refractivity contribution < 1.29 is 4.74 Å². The Morgan fingerprint density at radius 3 is 2.47 bits per heavy atom. The molecule has 1 aromatic carbocycles. The second kappa shape index (κ2) is 4.20. The van der Waals surface area contributed by atoms with E-state index in [9.17, 15) is 0 Å². The predicted octanol–water partition coefficient (Wildman–Crippen LogP) is 2.14. The lowest BCUT2D eigenvalue weighted by Crippen LogP contribution is -1.90. The number of nitriles is 1. The fourth-order valence-electron chi connectivity index (χ4n) is 1.04. The molecule has 0 radical (unpaired) electrons. The summed E-state index contributed by atoms with van der Waals surface area (Å²) in [6, 6.07) is 11.2. The molecule has 0 aliphatic carbocycles. The summed E-state index contributed by atoms with van der Waals surface area (Å²) in [7, 11) is 0. The molecule has 0 fully saturated rings. The molecule has 1 heterocycles. The maximum absolute atomic E-state index is 8.52. The van der Waals surface area contributed by atoms with Gasteiger partial charge in [-0.1, -0.05) is 18.2 Å². The first kappa shape index (κ1) is 9.16. The molecule has 0 spiro atoms. The smallest absolute Gasteiger partial charge is 0.237 e. The Labute approximate surface area is 86.8 Å². The van der Waals surface area contributed by atoms with Gasteiger partial charge in [-0.2, -0.15) is 5.26 Å². The SMILES string of the molecule is N#Cc1cnc(Oc2ccccc2)cn1. The summed E-state index contributed by atoms with van der Waals surface area (Å²) in [5.41, 5.74) is 0.274. The van der Waals surface area contributed by atoms with Crippen LogP contribution in [0.15, 0.2) is 42.7 Å². The van der Waals surface area contributed by atoms with Gasteiger partial charge in [0.1, 0.15) is 11.8 Å². The standard InChI is InChI=1S/C11H7N3O/c12-6-9-7-14-11(8-13-9)15-10-4-2-1-3-5-10/h1-5,7-8H. The highest BCUT2D eigenvalue weighted by Gasteiger charge is 1.98. The number of aromatic nitrogens is 2. The first-order valence-corrected chi connectivity index (χ1v) is 4.33. The van der Waals surface area contributed by atoms with Crippen LogP contribution in [0.25, 0.3) is 0 Å². The quantitative estimate of drug-likeness (QED) is 0.740. The number of rotatable bonds is 2. The van der Waals surface area contributed by atoms with Gasteiger partial charge in [0.05, 0.1) is 12.4 Å². The summed E-state index contributed by atoms with van der Waals surface area (Å²) < 4.78 is 5.39. The number of hydrogen-bond acceptors (Lipinski definition) is 4. The van der Waals surface area contributed by atoms with E-state index < -0.39 is 0 Å². The number of benzene rings is 1. The zero-order chi connectivity index (χ0) is 10.5. The highest BCUT2D eigenvalue weighted by Crippen LogP contribution is 2.16. The van der Waals surface area contributed by atoms with E-state index in [0.29, 0.717) is 11.6 Å². The van der Waals surface area contributed by atoms with Crippen molar-refractivity contribution in [3.8, 4) is 17.7 Å². The van der Waals surface area contributed by atoms with Crippen molar-refractivity contribution in [1.82, 2.24) is 9.97 Å². The Morgan fingerprint density at radius 2 is 1.87 bits per heavy atom. The second-order valence-electron chi connectivity index (χ2n) is 2.77. The minimum Gasteiger partial charge on any atom is -0.438 e. The van der Waals surface area contributed by atoms with Crippen LogP contribution in [0.4, 0.5) is 0 Å². The maximum Gasteiger partial charge on any atom is 0.237 e. The average molecular weight is 197 g/mol. The molecule has 0 amide bonds. The number of hydrogen-bond donors (Lipinski definition) is 0. The molecule has 0 atom stereocenters. The van der Waals surface area contributed by atoms with E-state index in [2.05, 4.69) is 9.97 Å². The molecule has 2 rings (SSSR count). The molecule has 0 bridgehead atoms. The fraction of sp³-hybridized carbons (Fsp3) is 0. The highest BCUT2D eigenvalue weighted by atomic mass is 16.5. The maximum atomic E-state index is 8.52. The van der Waals surface area contributed by atoms with Gasteiger partial charge in [-0.3, -0.25) is 0 Å². The van der Waals surface area contributed by atoms with E-state index in [4.69, 9.17) is 10.00 Å². The van der Waals surface area contributed by atoms with Crippen LogP contribution in [0.1, 0.15) is 5.69 Å². The van der Waals surface area contributed by atoms with E-state index in [1.54, 1.807) is 0 Å². The van der Waals surface area contributed by atoms with E-state index in [-0.39, 0.29) is 5.69 Å². The van der Waals surface area contributed by atoms with Gasteiger partial charge in [0.25, 0.3) is 0 Å². The Bertz CT molecular complexity index is 473. The van der Waals surface area contributed by atoms with Crippen molar-refractivity contribution in [2.24, 2.45) is 0 Å². The third-order valence-electron chi connectivity index (χ3n) is 1.71. The van der Waals surface area contributed by atoms with Crippen LogP contribution in [0.3, 0.4) is 0 Å². The van der Waals surface area contributed by atoms with Crippen LogP contribution in [-0.2, 0) is 0 Å². The van der Waals surface area contributed by atoms with Gasteiger partial charge < -0.3 is 4.74 Å².